The van der Waals surface area contributed by atoms with Crippen molar-refractivity contribution >= 4 is 5.78 Å². The van der Waals surface area contributed by atoms with Gasteiger partial charge in [-0.25, -0.2) is 8.78 Å². The molecule has 0 radical (unpaired) electrons. The Bertz CT molecular complexity index is 647. The molecular formula is C14H14F2N2O. The molecule has 3 nitrogen and oxygen atoms in total. The van der Waals surface area contributed by atoms with Crippen molar-refractivity contribution in [1.29, 1.82) is 0 Å². The summed E-state index contributed by atoms with van der Waals surface area (Å²) in [6.07, 6.45) is 0. The Labute approximate surface area is 109 Å². The molecule has 19 heavy (non-hydrogen) atoms. The van der Waals surface area contributed by atoms with Crippen molar-refractivity contribution in [3.63, 3.8) is 0 Å². The number of benzene rings is 1. The lowest BCUT2D eigenvalue weighted by molar-refractivity contribution is 0.0966. The second kappa shape index (κ2) is 4.91. The Morgan fingerprint density at radius 3 is 2.42 bits per heavy atom. The fraction of sp³-hybridized carbons (Fsp3) is 0.286. The molecule has 0 fully saturated rings. The van der Waals surface area contributed by atoms with Crippen LogP contribution in [0.3, 0.4) is 0 Å². The smallest absolute Gasteiger partial charge is 0.184 e. The molecule has 0 amide bonds. The predicted molar refractivity (Wildman–Crippen MR) is 67.1 cm³/mol. The van der Waals surface area contributed by atoms with E-state index in [0.29, 0.717) is 0 Å². The summed E-state index contributed by atoms with van der Waals surface area (Å²) < 4.78 is 27.5. The molecule has 0 aliphatic rings. The zero-order chi connectivity index (χ0) is 14.2. The predicted octanol–water partition coefficient (Wildman–Crippen LogP) is 2.97. The van der Waals surface area contributed by atoms with E-state index in [-0.39, 0.29) is 17.9 Å². The van der Waals surface area contributed by atoms with Crippen LogP contribution in [0.15, 0.2) is 18.2 Å². The van der Waals surface area contributed by atoms with E-state index < -0.39 is 11.6 Å². The number of ketones is 1. The Morgan fingerprint density at radius 2 is 1.89 bits per heavy atom. The third-order valence-electron chi connectivity index (χ3n) is 3.28. The van der Waals surface area contributed by atoms with Crippen LogP contribution >= 0.6 is 0 Å². The van der Waals surface area contributed by atoms with Gasteiger partial charge in [0.2, 0.25) is 0 Å². The molecule has 0 aliphatic heterocycles. The average molecular weight is 264 g/mol. The Kier molecular flexibility index (Phi) is 3.46. The van der Waals surface area contributed by atoms with Gasteiger partial charge in [0.25, 0.3) is 0 Å². The van der Waals surface area contributed by atoms with Gasteiger partial charge >= 0.3 is 0 Å². The topological polar surface area (TPSA) is 34.9 Å². The van der Waals surface area contributed by atoms with Gasteiger partial charge in [-0.1, -0.05) is 0 Å². The summed E-state index contributed by atoms with van der Waals surface area (Å²) in [7, 11) is 0. The third kappa shape index (κ3) is 2.54. The van der Waals surface area contributed by atoms with Gasteiger partial charge in [0.05, 0.1) is 5.69 Å². The fourth-order valence-electron chi connectivity index (χ4n) is 1.84. The number of nitrogens with zero attached hydrogens (tertiary/aromatic N) is 2. The number of rotatable bonds is 3. The van der Waals surface area contributed by atoms with Crippen molar-refractivity contribution in [1.82, 2.24) is 9.78 Å². The van der Waals surface area contributed by atoms with Gasteiger partial charge in [-0.15, -0.1) is 0 Å². The molecule has 100 valence electrons. The van der Waals surface area contributed by atoms with Crippen LogP contribution in [0.25, 0.3) is 0 Å². The van der Waals surface area contributed by atoms with Gasteiger partial charge in [0, 0.05) is 11.3 Å². The van der Waals surface area contributed by atoms with E-state index >= 15 is 0 Å². The quantitative estimate of drug-likeness (QED) is 0.799. The first-order valence-corrected chi connectivity index (χ1v) is 5.89. The SMILES string of the molecule is Cc1nn(CC(=O)c2ccc(F)c(F)c2)c(C)c1C. The summed E-state index contributed by atoms with van der Waals surface area (Å²) in [4.78, 5) is 12.0. The standard InChI is InChI=1S/C14H14F2N2O/c1-8-9(2)17-18(10(8)3)7-14(19)11-4-5-12(15)13(16)6-11/h4-6H,7H2,1-3H3. The number of carbonyl (C=O) groups is 1. The van der Waals surface area contributed by atoms with Gasteiger partial charge in [-0.2, -0.15) is 5.10 Å². The second-order valence-corrected chi connectivity index (χ2v) is 4.51. The van der Waals surface area contributed by atoms with Crippen LogP contribution in [0.5, 0.6) is 0 Å². The molecule has 2 aromatic rings. The van der Waals surface area contributed by atoms with E-state index in [1.54, 1.807) is 4.68 Å². The van der Waals surface area contributed by atoms with E-state index in [2.05, 4.69) is 5.10 Å². The number of hydrogen-bond donors (Lipinski definition) is 0. The molecule has 2 rings (SSSR count). The summed E-state index contributed by atoms with van der Waals surface area (Å²) in [5.41, 5.74) is 2.92. The van der Waals surface area contributed by atoms with Crippen molar-refractivity contribution in [3.05, 3.63) is 52.3 Å². The van der Waals surface area contributed by atoms with E-state index in [0.717, 1.165) is 29.1 Å². The molecule has 0 spiro atoms. The van der Waals surface area contributed by atoms with E-state index in [1.165, 1.54) is 6.07 Å². The summed E-state index contributed by atoms with van der Waals surface area (Å²) in [6, 6.07) is 3.14. The first-order valence-electron chi connectivity index (χ1n) is 5.89. The van der Waals surface area contributed by atoms with Crippen molar-refractivity contribution in [3.8, 4) is 0 Å². The van der Waals surface area contributed by atoms with Gasteiger partial charge < -0.3 is 0 Å². The molecule has 1 heterocycles. The van der Waals surface area contributed by atoms with Crippen LogP contribution in [0.1, 0.15) is 27.3 Å². The van der Waals surface area contributed by atoms with Crippen LogP contribution in [-0.2, 0) is 6.54 Å². The highest BCUT2D eigenvalue weighted by molar-refractivity contribution is 5.95. The fourth-order valence-corrected chi connectivity index (χ4v) is 1.84. The van der Waals surface area contributed by atoms with Gasteiger partial charge in [0.15, 0.2) is 17.4 Å². The van der Waals surface area contributed by atoms with E-state index in [9.17, 15) is 13.6 Å². The molecule has 1 aromatic heterocycles. The molecule has 1 aromatic carbocycles. The first-order chi connectivity index (χ1) is 8.90. The minimum atomic E-state index is -1.02. The zero-order valence-corrected chi connectivity index (χ0v) is 11.0. The van der Waals surface area contributed by atoms with Crippen molar-refractivity contribution in [2.24, 2.45) is 0 Å². The first kappa shape index (κ1) is 13.4. The van der Waals surface area contributed by atoms with E-state index in [1.807, 2.05) is 20.8 Å². The van der Waals surface area contributed by atoms with Gasteiger partial charge in [-0.3, -0.25) is 9.48 Å². The van der Waals surface area contributed by atoms with Crippen LogP contribution < -0.4 is 0 Å². The summed E-state index contributed by atoms with van der Waals surface area (Å²) in [5, 5.41) is 4.24. The minimum absolute atomic E-state index is 0.0194. The number of hydrogen-bond acceptors (Lipinski definition) is 2. The molecule has 0 unspecified atom stereocenters. The summed E-state index contributed by atoms with van der Waals surface area (Å²) in [6.45, 7) is 5.68. The Morgan fingerprint density at radius 1 is 1.21 bits per heavy atom. The lowest BCUT2D eigenvalue weighted by Crippen LogP contribution is -2.13. The molecular weight excluding hydrogens is 250 g/mol. The van der Waals surface area contributed by atoms with Gasteiger partial charge in [-0.05, 0) is 44.5 Å². The molecule has 0 aliphatic carbocycles. The highest BCUT2D eigenvalue weighted by Crippen LogP contribution is 2.13. The minimum Gasteiger partial charge on any atom is -0.292 e. The normalized spacial score (nSPS) is 10.8. The molecule has 0 N–H and O–H groups in total. The average Bonchev–Trinajstić information content (AvgIpc) is 2.60. The zero-order valence-electron chi connectivity index (χ0n) is 11.0. The Hall–Kier alpha value is -2.04. The molecule has 0 saturated carbocycles. The lowest BCUT2D eigenvalue weighted by atomic mass is 10.1. The number of carbonyl (C=O) groups excluding carboxylic acids is 1. The second-order valence-electron chi connectivity index (χ2n) is 4.51. The number of aryl methyl sites for hydroxylation is 1. The number of Topliss-reactive ketones (excluding diaryl/α,β-unsaturated/α-hetero) is 1. The Balaban J connectivity index is 2.25. The van der Waals surface area contributed by atoms with Crippen LogP contribution in [-0.4, -0.2) is 15.6 Å². The largest absolute Gasteiger partial charge is 0.292 e. The van der Waals surface area contributed by atoms with Crippen molar-refractivity contribution in [2.45, 2.75) is 27.3 Å². The molecule has 0 saturated heterocycles. The maximum Gasteiger partial charge on any atom is 0.184 e. The highest BCUT2D eigenvalue weighted by atomic mass is 19.2. The van der Waals surface area contributed by atoms with Crippen molar-refractivity contribution < 1.29 is 13.6 Å². The molecule has 5 heteroatoms. The maximum atomic E-state index is 13.1. The highest BCUT2D eigenvalue weighted by Gasteiger charge is 2.14. The van der Waals surface area contributed by atoms with Crippen LogP contribution in [0, 0.1) is 32.4 Å². The monoisotopic (exact) mass is 264 g/mol. The molecule has 0 bridgehead atoms. The van der Waals surface area contributed by atoms with Crippen LogP contribution in [0.2, 0.25) is 0 Å². The van der Waals surface area contributed by atoms with Gasteiger partial charge in [0.1, 0.15) is 6.54 Å². The van der Waals surface area contributed by atoms with E-state index in [4.69, 9.17) is 0 Å². The van der Waals surface area contributed by atoms with Crippen LogP contribution in [0.4, 0.5) is 8.78 Å². The summed E-state index contributed by atoms with van der Waals surface area (Å²) in [5.74, 6) is -2.28. The maximum absolute atomic E-state index is 13.1. The number of halogens is 2. The van der Waals surface area contributed by atoms with Crippen molar-refractivity contribution in [2.75, 3.05) is 0 Å². The third-order valence-corrected chi connectivity index (χ3v) is 3.28. The molecule has 0 atom stereocenters. The number of aromatic nitrogens is 2. The summed E-state index contributed by atoms with van der Waals surface area (Å²) >= 11 is 0. The lowest BCUT2D eigenvalue weighted by Gasteiger charge is -2.05.